The van der Waals surface area contributed by atoms with Crippen LogP contribution in [0.1, 0.15) is 24.8 Å². The van der Waals surface area contributed by atoms with Crippen molar-refractivity contribution in [3.8, 4) is 11.5 Å². The number of phenols is 2. The van der Waals surface area contributed by atoms with E-state index in [9.17, 15) is 10.2 Å². The Hall–Kier alpha value is -1.68. The molecule has 1 spiro atoms. The first-order chi connectivity index (χ1) is 9.15. The molecule has 1 aromatic rings. The van der Waals surface area contributed by atoms with E-state index in [-0.39, 0.29) is 23.0 Å². The van der Waals surface area contributed by atoms with Crippen molar-refractivity contribution in [1.29, 1.82) is 0 Å². The van der Waals surface area contributed by atoms with Crippen molar-refractivity contribution >= 4 is 5.69 Å². The van der Waals surface area contributed by atoms with E-state index >= 15 is 0 Å². The minimum Gasteiger partial charge on any atom is -0.504 e. The highest BCUT2D eigenvalue weighted by atomic mass is 16.3. The van der Waals surface area contributed by atoms with Crippen molar-refractivity contribution in [3.63, 3.8) is 0 Å². The monoisotopic (exact) mass is 258 g/mol. The molecule has 1 fully saturated rings. The second-order valence-corrected chi connectivity index (χ2v) is 5.84. The van der Waals surface area contributed by atoms with Gasteiger partial charge < -0.3 is 15.2 Å². The molecule has 4 nitrogen and oxygen atoms in total. The number of likely N-dealkylation sites (N-methyl/N-ethyl adjacent to an activating group) is 1. The quantitative estimate of drug-likeness (QED) is 0.553. The summed E-state index contributed by atoms with van der Waals surface area (Å²) in [6, 6.07) is 3.80. The van der Waals surface area contributed by atoms with Gasteiger partial charge in [0.15, 0.2) is 11.5 Å². The lowest BCUT2D eigenvalue weighted by Gasteiger charge is -2.60. The highest BCUT2D eigenvalue weighted by molar-refractivity contribution is 5.70. The molecule has 0 saturated carbocycles. The van der Waals surface area contributed by atoms with Crippen LogP contribution >= 0.6 is 0 Å². The molecule has 19 heavy (non-hydrogen) atoms. The van der Waals surface area contributed by atoms with Crippen LogP contribution in [0.25, 0.3) is 0 Å². The first-order valence-electron chi connectivity index (χ1n) is 6.87. The van der Waals surface area contributed by atoms with Crippen LogP contribution in [-0.4, -0.2) is 34.9 Å². The number of rotatable bonds is 0. The summed E-state index contributed by atoms with van der Waals surface area (Å²) in [4.78, 5) is 0. The first-order valence-corrected chi connectivity index (χ1v) is 6.87. The van der Waals surface area contributed by atoms with Gasteiger partial charge in [-0.25, -0.2) is 5.01 Å². The number of hydrogen-bond donors (Lipinski definition) is 2. The second-order valence-electron chi connectivity index (χ2n) is 5.84. The van der Waals surface area contributed by atoms with Gasteiger partial charge in [0, 0.05) is 24.6 Å². The first kappa shape index (κ1) is 11.2. The van der Waals surface area contributed by atoms with Crippen LogP contribution in [-0.2, 0) is 5.41 Å². The molecular formula is C15H18N2O2. The van der Waals surface area contributed by atoms with Crippen LogP contribution in [0.15, 0.2) is 24.3 Å². The van der Waals surface area contributed by atoms with Gasteiger partial charge in [-0.3, -0.25) is 0 Å². The highest BCUT2D eigenvalue weighted by Crippen LogP contribution is 2.57. The molecule has 4 aliphatic rings. The summed E-state index contributed by atoms with van der Waals surface area (Å²) in [7, 11) is 2.11. The van der Waals surface area contributed by atoms with Crippen LogP contribution in [0, 0.1) is 0 Å². The van der Waals surface area contributed by atoms with E-state index in [2.05, 4.69) is 29.2 Å². The number of benzene rings is 1. The zero-order valence-electron chi connectivity index (χ0n) is 11.0. The summed E-state index contributed by atoms with van der Waals surface area (Å²) < 4.78 is 0. The number of phenolic OH excluding ortho intramolecular Hbond substituents is 2. The lowest BCUT2D eigenvalue weighted by molar-refractivity contribution is 0.0818. The molecule has 1 saturated heterocycles. The zero-order chi connectivity index (χ0) is 13.2. The maximum atomic E-state index is 10.4. The van der Waals surface area contributed by atoms with Crippen molar-refractivity contribution in [1.82, 2.24) is 5.01 Å². The highest BCUT2D eigenvalue weighted by Gasteiger charge is 2.54. The molecule has 100 valence electrons. The Kier molecular flexibility index (Phi) is 2.03. The van der Waals surface area contributed by atoms with Gasteiger partial charge in [-0.1, -0.05) is 12.2 Å². The van der Waals surface area contributed by atoms with Crippen molar-refractivity contribution in [2.45, 2.75) is 30.7 Å². The SMILES string of the molecule is CN1C2C=CCCC23CCN1c1ccc(O)c(O)c13. The van der Waals surface area contributed by atoms with Crippen LogP contribution in [0.2, 0.25) is 0 Å². The number of hydrogen-bond acceptors (Lipinski definition) is 4. The van der Waals surface area contributed by atoms with Gasteiger partial charge in [-0.2, -0.15) is 0 Å². The average molecular weight is 258 g/mol. The lowest BCUT2D eigenvalue weighted by Crippen LogP contribution is -2.65. The number of fused-ring (bicyclic) bond motifs is 1. The molecule has 0 amide bonds. The Morgan fingerprint density at radius 1 is 1.26 bits per heavy atom. The third kappa shape index (κ3) is 1.18. The molecule has 2 unspecified atom stereocenters. The lowest BCUT2D eigenvalue weighted by atomic mass is 9.62. The molecule has 1 aromatic carbocycles. The van der Waals surface area contributed by atoms with Crippen molar-refractivity contribution in [2.75, 3.05) is 18.6 Å². The molecule has 0 aromatic heterocycles. The Labute approximate surface area is 112 Å². The van der Waals surface area contributed by atoms with Crippen LogP contribution in [0.4, 0.5) is 5.69 Å². The second kappa shape index (κ2) is 3.45. The number of aromatic hydroxyl groups is 2. The molecule has 1 aliphatic carbocycles. The van der Waals surface area contributed by atoms with Gasteiger partial charge in [-0.15, -0.1) is 0 Å². The Morgan fingerprint density at radius 3 is 2.95 bits per heavy atom. The smallest absolute Gasteiger partial charge is 0.163 e. The molecule has 2 bridgehead atoms. The molecule has 4 heteroatoms. The molecule has 3 aliphatic heterocycles. The number of hydrazine groups is 1. The van der Waals surface area contributed by atoms with Gasteiger partial charge in [0.25, 0.3) is 0 Å². The van der Waals surface area contributed by atoms with Gasteiger partial charge in [-0.05, 0) is 31.4 Å². The van der Waals surface area contributed by atoms with E-state index in [4.69, 9.17) is 0 Å². The topological polar surface area (TPSA) is 46.9 Å². The predicted molar refractivity (Wildman–Crippen MR) is 73.3 cm³/mol. The van der Waals surface area contributed by atoms with Crippen LogP contribution in [0.5, 0.6) is 11.5 Å². The summed E-state index contributed by atoms with van der Waals surface area (Å²) in [6.07, 6.45) is 7.60. The fourth-order valence-electron chi connectivity index (χ4n) is 4.23. The number of anilines is 1. The molecular weight excluding hydrogens is 240 g/mol. The van der Waals surface area contributed by atoms with Crippen molar-refractivity contribution in [3.05, 3.63) is 29.8 Å². The van der Waals surface area contributed by atoms with Gasteiger partial charge in [0.1, 0.15) is 0 Å². The molecule has 2 atom stereocenters. The van der Waals surface area contributed by atoms with E-state index in [1.165, 1.54) is 0 Å². The minimum atomic E-state index is -0.0452. The zero-order valence-corrected chi connectivity index (χ0v) is 11.0. The van der Waals surface area contributed by atoms with E-state index in [1.54, 1.807) is 6.07 Å². The Balaban J connectivity index is 2.04. The summed E-state index contributed by atoms with van der Waals surface area (Å²) in [6.45, 7) is 0.984. The third-order valence-electron chi connectivity index (χ3n) is 5.11. The van der Waals surface area contributed by atoms with Gasteiger partial charge in [0.2, 0.25) is 0 Å². The van der Waals surface area contributed by atoms with Crippen molar-refractivity contribution in [2.24, 2.45) is 0 Å². The van der Waals surface area contributed by atoms with E-state index in [0.29, 0.717) is 0 Å². The summed E-state index contributed by atoms with van der Waals surface area (Å²) in [5.41, 5.74) is 1.96. The Morgan fingerprint density at radius 2 is 2.11 bits per heavy atom. The largest absolute Gasteiger partial charge is 0.504 e. The third-order valence-corrected chi connectivity index (χ3v) is 5.11. The predicted octanol–water partition coefficient (Wildman–Crippen LogP) is 2.12. The summed E-state index contributed by atoms with van der Waals surface area (Å²) in [5.74, 6) is 0.0773. The van der Waals surface area contributed by atoms with Crippen molar-refractivity contribution < 1.29 is 10.2 Å². The fraction of sp³-hybridized carbons (Fsp3) is 0.467. The number of allylic oxidation sites excluding steroid dienone is 1. The van der Waals surface area contributed by atoms with Gasteiger partial charge in [0.05, 0.1) is 11.7 Å². The minimum absolute atomic E-state index is 0.00201. The summed E-state index contributed by atoms with van der Waals surface area (Å²) in [5, 5.41) is 24.7. The standard InChI is InChI=1S/C15H18N2O2/c1-16-12-4-2-3-7-15(12)8-9-17(16)10-5-6-11(18)14(19)13(10)15/h2,4-6,12,18-19H,3,7-9H2,1H3. The average Bonchev–Trinajstić information content (AvgIpc) is 2.43. The van der Waals surface area contributed by atoms with Gasteiger partial charge >= 0.3 is 0 Å². The number of nitrogens with zero attached hydrogens (tertiary/aromatic N) is 2. The normalized spacial score (nSPS) is 32.3. The molecule has 5 rings (SSSR count). The maximum Gasteiger partial charge on any atom is 0.163 e. The molecule has 3 heterocycles. The van der Waals surface area contributed by atoms with E-state index in [0.717, 1.165) is 37.1 Å². The fourth-order valence-corrected chi connectivity index (χ4v) is 4.23. The molecule has 0 radical (unpaired) electrons. The maximum absolute atomic E-state index is 10.4. The Bertz CT molecular complexity index is 584. The summed E-state index contributed by atoms with van der Waals surface area (Å²) >= 11 is 0. The van der Waals surface area contributed by atoms with Crippen LogP contribution < -0.4 is 5.01 Å². The van der Waals surface area contributed by atoms with E-state index in [1.807, 2.05) is 6.07 Å². The molecule has 2 N–H and O–H groups in total. The van der Waals surface area contributed by atoms with Crippen LogP contribution in [0.3, 0.4) is 0 Å². The van der Waals surface area contributed by atoms with E-state index < -0.39 is 0 Å².